The largest absolute Gasteiger partial charge is 0.488 e. The predicted octanol–water partition coefficient (Wildman–Crippen LogP) is 2.89. The molecule has 1 aliphatic rings. The molecule has 0 radical (unpaired) electrons. The van der Waals surface area contributed by atoms with Crippen LogP contribution in [0.25, 0.3) is 6.08 Å². The summed E-state index contributed by atoms with van der Waals surface area (Å²) in [6, 6.07) is 8.95. The fourth-order valence-corrected chi connectivity index (χ4v) is 2.39. The van der Waals surface area contributed by atoms with E-state index in [4.69, 9.17) is 13.9 Å². The third kappa shape index (κ3) is 3.17. The zero-order valence-corrected chi connectivity index (χ0v) is 13.3. The fourth-order valence-electron chi connectivity index (χ4n) is 2.39. The average molecular weight is 328 g/mol. The van der Waals surface area contributed by atoms with E-state index < -0.39 is 11.9 Å². The van der Waals surface area contributed by atoms with Crippen molar-refractivity contribution in [2.75, 3.05) is 13.7 Å². The van der Waals surface area contributed by atoms with E-state index in [1.54, 1.807) is 13.0 Å². The molecular formula is C18H16O6. The second-order valence-electron chi connectivity index (χ2n) is 5.25. The van der Waals surface area contributed by atoms with E-state index >= 15 is 0 Å². The molecule has 1 aromatic carbocycles. The first-order chi connectivity index (χ1) is 11.6. The summed E-state index contributed by atoms with van der Waals surface area (Å²) in [5.41, 5.74) is 1.57. The van der Waals surface area contributed by atoms with Gasteiger partial charge in [-0.1, -0.05) is 18.2 Å². The monoisotopic (exact) mass is 328 g/mol. The summed E-state index contributed by atoms with van der Waals surface area (Å²) >= 11 is 0. The highest BCUT2D eigenvalue weighted by molar-refractivity contribution is 5.95. The molecule has 24 heavy (non-hydrogen) atoms. The van der Waals surface area contributed by atoms with Crippen molar-refractivity contribution >= 4 is 18.0 Å². The van der Waals surface area contributed by atoms with Crippen LogP contribution in [0.4, 0.5) is 0 Å². The molecule has 0 bridgehead atoms. The summed E-state index contributed by atoms with van der Waals surface area (Å²) in [5.74, 6) is 0.548. The molecule has 3 rings (SSSR count). The third-order valence-corrected chi connectivity index (χ3v) is 3.61. The molecule has 0 saturated heterocycles. The van der Waals surface area contributed by atoms with Crippen molar-refractivity contribution in [2.45, 2.75) is 13.5 Å². The Hall–Kier alpha value is -3.02. The summed E-state index contributed by atoms with van der Waals surface area (Å²) in [4.78, 5) is 23.7. The van der Waals surface area contributed by atoms with E-state index in [0.29, 0.717) is 22.7 Å². The van der Waals surface area contributed by atoms with E-state index in [9.17, 15) is 9.59 Å². The van der Waals surface area contributed by atoms with Gasteiger partial charge in [0.15, 0.2) is 0 Å². The molecule has 2 heterocycles. The number of benzene rings is 1. The highest BCUT2D eigenvalue weighted by atomic mass is 16.5. The van der Waals surface area contributed by atoms with Crippen molar-refractivity contribution in [3.8, 4) is 5.75 Å². The maximum atomic E-state index is 12.2. The number of aryl methyl sites for hydroxylation is 1. The average Bonchev–Trinajstić information content (AvgIpc) is 2.99. The van der Waals surface area contributed by atoms with Crippen LogP contribution in [0.3, 0.4) is 0 Å². The first-order valence-corrected chi connectivity index (χ1v) is 7.35. The van der Waals surface area contributed by atoms with Crippen LogP contribution in [0, 0.1) is 6.92 Å². The van der Waals surface area contributed by atoms with Gasteiger partial charge in [-0.05, 0) is 25.1 Å². The Balaban J connectivity index is 1.66. The molecule has 0 saturated carbocycles. The van der Waals surface area contributed by atoms with Crippen LogP contribution >= 0.6 is 0 Å². The molecular weight excluding hydrogens is 312 g/mol. The highest BCUT2D eigenvalue weighted by Crippen LogP contribution is 2.26. The Bertz CT molecular complexity index is 815. The molecule has 0 atom stereocenters. The summed E-state index contributed by atoms with van der Waals surface area (Å²) in [6.07, 6.45) is 1.74. The number of furan rings is 1. The van der Waals surface area contributed by atoms with Gasteiger partial charge in [0.2, 0.25) is 0 Å². The lowest BCUT2D eigenvalue weighted by Gasteiger charge is -2.16. The Morgan fingerprint density at radius 1 is 1.21 bits per heavy atom. The number of para-hydroxylation sites is 1. The molecule has 1 aliphatic heterocycles. The minimum Gasteiger partial charge on any atom is -0.488 e. The van der Waals surface area contributed by atoms with Gasteiger partial charge in [0.25, 0.3) is 0 Å². The zero-order chi connectivity index (χ0) is 17.1. The number of esters is 2. The Labute approximate surface area is 138 Å². The van der Waals surface area contributed by atoms with E-state index in [2.05, 4.69) is 4.74 Å². The molecule has 0 amide bonds. The molecule has 1 aromatic heterocycles. The van der Waals surface area contributed by atoms with Crippen molar-refractivity contribution in [3.05, 3.63) is 58.6 Å². The van der Waals surface area contributed by atoms with Crippen LogP contribution in [0.2, 0.25) is 0 Å². The SMILES string of the molecule is COC(=O)c1cc(COC(=O)C2=Cc3ccccc3OC2)oc1C. The van der Waals surface area contributed by atoms with Crippen LogP contribution in [0.1, 0.15) is 27.4 Å². The van der Waals surface area contributed by atoms with Crippen LogP contribution in [0.5, 0.6) is 5.75 Å². The Morgan fingerprint density at radius 3 is 2.79 bits per heavy atom. The number of carbonyl (C=O) groups is 2. The summed E-state index contributed by atoms with van der Waals surface area (Å²) < 4.78 is 20.8. The van der Waals surface area contributed by atoms with Gasteiger partial charge in [0, 0.05) is 5.56 Å². The van der Waals surface area contributed by atoms with Gasteiger partial charge in [-0.25, -0.2) is 9.59 Å². The van der Waals surface area contributed by atoms with Gasteiger partial charge < -0.3 is 18.6 Å². The summed E-state index contributed by atoms with van der Waals surface area (Å²) in [7, 11) is 1.29. The number of ether oxygens (including phenoxy) is 3. The maximum Gasteiger partial charge on any atom is 0.341 e. The number of hydrogen-bond donors (Lipinski definition) is 0. The lowest BCUT2D eigenvalue weighted by atomic mass is 10.1. The van der Waals surface area contributed by atoms with Crippen molar-refractivity contribution in [3.63, 3.8) is 0 Å². The number of methoxy groups -OCH3 is 1. The fraction of sp³-hybridized carbons (Fsp3) is 0.222. The van der Waals surface area contributed by atoms with Crippen molar-refractivity contribution in [2.24, 2.45) is 0 Å². The van der Waals surface area contributed by atoms with Gasteiger partial charge in [0.1, 0.15) is 36.0 Å². The van der Waals surface area contributed by atoms with Gasteiger partial charge >= 0.3 is 11.9 Å². The number of rotatable bonds is 4. The summed E-state index contributed by atoms with van der Waals surface area (Å²) in [5, 5.41) is 0. The second kappa shape index (κ2) is 6.62. The molecule has 0 fully saturated rings. The molecule has 0 spiro atoms. The van der Waals surface area contributed by atoms with Gasteiger partial charge in [0.05, 0.1) is 12.7 Å². The zero-order valence-electron chi connectivity index (χ0n) is 13.3. The topological polar surface area (TPSA) is 75.0 Å². The number of hydrogen-bond acceptors (Lipinski definition) is 6. The minimum absolute atomic E-state index is 0.0738. The molecule has 124 valence electrons. The molecule has 6 nitrogen and oxygen atoms in total. The van der Waals surface area contributed by atoms with Gasteiger partial charge in [-0.2, -0.15) is 0 Å². The number of fused-ring (bicyclic) bond motifs is 1. The number of carbonyl (C=O) groups excluding carboxylic acids is 2. The smallest absolute Gasteiger partial charge is 0.341 e. The van der Waals surface area contributed by atoms with E-state index in [-0.39, 0.29) is 13.2 Å². The predicted molar refractivity (Wildman–Crippen MR) is 84.5 cm³/mol. The normalized spacial score (nSPS) is 12.7. The first kappa shape index (κ1) is 15.9. The Morgan fingerprint density at radius 2 is 2.00 bits per heavy atom. The van der Waals surface area contributed by atoms with E-state index in [1.807, 2.05) is 24.3 Å². The maximum absolute atomic E-state index is 12.2. The minimum atomic E-state index is -0.492. The first-order valence-electron chi connectivity index (χ1n) is 7.35. The highest BCUT2D eigenvalue weighted by Gasteiger charge is 2.20. The molecule has 0 aliphatic carbocycles. The van der Waals surface area contributed by atoms with E-state index in [1.165, 1.54) is 13.2 Å². The summed E-state index contributed by atoms with van der Waals surface area (Å²) in [6.45, 7) is 1.72. The third-order valence-electron chi connectivity index (χ3n) is 3.61. The lowest BCUT2D eigenvalue weighted by molar-refractivity contribution is -0.141. The van der Waals surface area contributed by atoms with Crippen LogP contribution < -0.4 is 4.74 Å². The van der Waals surface area contributed by atoms with E-state index in [0.717, 1.165) is 11.3 Å². The van der Waals surface area contributed by atoms with Crippen LogP contribution in [-0.2, 0) is 20.9 Å². The van der Waals surface area contributed by atoms with Crippen LogP contribution in [0.15, 0.2) is 40.3 Å². The van der Waals surface area contributed by atoms with Crippen molar-refractivity contribution in [1.29, 1.82) is 0 Å². The second-order valence-corrected chi connectivity index (χ2v) is 5.25. The Kier molecular flexibility index (Phi) is 4.37. The quantitative estimate of drug-likeness (QED) is 0.803. The van der Waals surface area contributed by atoms with Gasteiger partial charge in [-0.15, -0.1) is 0 Å². The van der Waals surface area contributed by atoms with Crippen molar-refractivity contribution in [1.82, 2.24) is 0 Å². The van der Waals surface area contributed by atoms with Crippen LogP contribution in [-0.4, -0.2) is 25.7 Å². The molecule has 2 aromatic rings. The molecule has 0 N–H and O–H groups in total. The standard InChI is InChI=1S/C18H16O6/c1-11-15(18(20)21-2)8-14(24-11)10-23-17(19)13-7-12-5-3-4-6-16(12)22-9-13/h3-8H,9-10H2,1-2H3. The van der Waals surface area contributed by atoms with Gasteiger partial charge in [-0.3, -0.25) is 0 Å². The molecule has 0 unspecified atom stereocenters. The molecule has 6 heteroatoms. The lowest BCUT2D eigenvalue weighted by Crippen LogP contribution is -2.17. The van der Waals surface area contributed by atoms with Crippen molar-refractivity contribution < 1.29 is 28.2 Å².